The van der Waals surface area contributed by atoms with E-state index in [4.69, 9.17) is 4.74 Å². The maximum absolute atomic E-state index is 11.7. The van der Waals surface area contributed by atoms with Crippen molar-refractivity contribution >= 4 is 48.8 Å². The van der Waals surface area contributed by atoms with Gasteiger partial charge in [0.15, 0.2) is 11.5 Å². The second-order valence-corrected chi connectivity index (χ2v) is 6.56. The van der Waals surface area contributed by atoms with E-state index in [9.17, 15) is 4.79 Å². The van der Waals surface area contributed by atoms with E-state index in [0.29, 0.717) is 23.5 Å². The predicted molar refractivity (Wildman–Crippen MR) is 94.9 cm³/mol. The summed E-state index contributed by atoms with van der Waals surface area (Å²) in [4.78, 5) is 22.8. The van der Waals surface area contributed by atoms with E-state index in [0.717, 1.165) is 20.3 Å². The van der Waals surface area contributed by atoms with Gasteiger partial charge in [0.2, 0.25) is 0 Å². The highest BCUT2D eigenvalue weighted by atomic mass is 79.9. The Kier molecular flexibility index (Phi) is 4.40. The summed E-state index contributed by atoms with van der Waals surface area (Å²) >= 11 is 6.96. The Morgan fingerprint density at radius 2 is 2.00 bits per heavy atom. The molecule has 0 aliphatic heterocycles. The fraction of sp³-hybridized carbons (Fsp3) is 0.214. The Labute approximate surface area is 148 Å². The molecule has 0 aliphatic carbocycles. The van der Waals surface area contributed by atoms with Gasteiger partial charge in [0, 0.05) is 13.6 Å². The SMILES string of the molecule is COc1c(Br)cc(CNc2ncnc3c2[nH]c(=O)n3C)cc1Br. The molecule has 0 radical (unpaired) electrons. The van der Waals surface area contributed by atoms with Crippen LogP contribution in [0.1, 0.15) is 5.56 Å². The highest BCUT2D eigenvalue weighted by Crippen LogP contribution is 2.34. The minimum absolute atomic E-state index is 0.224. The van der Waals surface area contributed by atoms with Crippen LogP contribution in [0.5, 0.6) is 5.75 Å². The number of fused-ring (bicyclic) bond motifs is 1. The van der Waals surface area contributed by atoms with Gasteiger partial charge in [0.1, 0.15) is 17.6 Å². The minimum atomic E-state index is -0.224. The second-order valence-electron chi connectivity index (χ2n) is 4.86. The number of halogens is 2. The zero-order valence-corrected chi connectivity index (χ0v) is 15.5. The number of anilines is 1. The number of nitrogens with one attached hydrogen (secondary N) is 2. The lowest BCUT2D eigenvalue weighted by Gasteiger charge is -2.10. The third kappa shape index (κ3) is 2.98. The van der Waals surface area contributed by atoms with Crippen LogP contribution in [-0.4, -0.2) is 26.6 Å². The number of nitrogens with zero attached hydrogens (tertiary/aromatic N) is 3. The number of aromatic nitrogens is 4. The van der Waals surface area contributed by atoms with Crippen LogP contribution < -0.4 is 15.7 Å². The Hall–Kier alpha value is -1.87. The zero-order chi connectivity index (χ0) is 16.6. The summed E-state index contributed by atoms with van der Waals surface area (Å²) in [5.41, 5.74) is 1.95. The molecule has 0 atom stereocenters. The van der Waals surface area contributed by atoms with Gasteiger partial charge in [-0.3, -0.25) is 4.57 Å². The molecular weight excluding hydrogens is 430 g/mol. The van der Waals surface area contributed by atoms with Gasteiger partial charge in [-0.1, -0.05) is 0 Å². The van der Waals surface area contributed by atoms with E-state index in [-0.39, 0.29) is 5.69 Å². The molecule has 2 aromatic heterocycles. The van der Waals surface area contributed by atoms with E-state index in [1.165, 1.54) is 10.9 Å². The summed E-state index contributed by atoms with van der Waals surface area (Å²) in [6, 6.07) is 3.92. The van der Waals surface area contributed by atoms with E-state index < -0.39 is 0 Å². The molecule has 3 aromatic rings. The van der Waals surface area contributed by atoms with Crippen LogP contribution in [0.15, 0.2) is 32.2 Å². The van der Waals surface area contributed by atoms with Crippen LogP contribution in [0, 0.1) is 0 Å². The van der Waals surface area contributed by atoms with Gasteiger partial charge < -0.3 is 15.0 Å². The fourth-order valence-corrected chi connectivity index (χ4v) is 3.87. The van der Waals surface area contributed by atoms with Crippen molar-refractivity contribution in [3.63, 3.8) is 0 Å². The van der Waals surface area contributed by atoms with Gasteiger partial charge in [-0.05, 0) is 49.6 Å². The van der Waals surface area contributed by atoms with Crippen molar-refractivity contribution in [2.75, 3.05) is 12.4 Å². The molecule has 9 heteroatoms. The lowest BCUT2D eigenvalue weighted by Crippen LogP contribution is -2.12. The maximum atomic E-state index is 11.7. The van der Waals surface area contributed by atoms with Crippen LogP contribution in [0.2, 0.25) is 0 Å². The van der Waals surface area contributed by atoms with E-state index in [2.05, 4.69) is 52.1 Å². The van der Waals surface area contributed by atoms with Crippen LogP contribution in [0.25, 0.3) is 11.2 Å². The smallest absolute Gasteiger partial charge is 0.327 e. The van der Waals surface area contributed by atoms with Gasteiger partial charge in [0.05, 0.1) is 16.1 Å². The molecule has 120 valence electrons. The maximum Gasteiger partial charge on any atom is 0.327 e. The van der Waals surface area contributed by atoms with Gasteiger partial charge in [-0.15, -0.1) is 0 Å². The first-order valence-electron chi connectivity index (χ1n) is 6.66. The predicted octanol–water partition coefficient (Wildman–Crippen LogP) is 2.80. The van der Waals surface area contributed by atoms with E-state index in [1.807, 2.05) is 12.1 Å². The molecule has 0 saturated carbocycles. The lowest BCUT2D eigenvalue weighted by molar-refractivity contribution is 0.409. The van der Waals surface area contributed by atoms with E-state index in [1.54, 1.807) is 14.2 Å². The number of aromatic amines is 1. The molecule has 0 fully saturated rings. The topological polar surface area (TPSA) is 84.8 Å². The molecule has 2 heterocycles. The number of benzene rings is 1. The van der Waals surface area contributed by atoms with Crippen molar-refractivity contribution in [3.05, 3.63) is 43.5 Å². The van der Waals surface area contributed by atoms with Crippen LogP contribution in [-0.2, 0) is 13.6 Å². The summed E-state index contributed by atoms with van der Waals surface area (Å²) in [5, 5.41) is 3.22. The first-order chi connectivity index (χ1) is 11.0. The quantitative estimate of drug-likeness (QED) is 0.648. The van der Waals surface area contributed by atoms with Crippen molar-refractivity contribution < 1.29 is 4.74 Å². The average Bonchev–Trinajstić information content (AvgIpc) is 2.81. The first-order valence-corrected chi connectivity index (χ1v) is 8.25. The number of aryl methyl sites for hydroxylation is 1. The largest absolute Gasteiger partial charge is 0.494 e. The molecule has 0 bridgehead atoms. The van der Waals surface area contributed by atoms with Crippen LogP contribution in [0.4, 0.5) is 5.82 Å². The molecule has 0 unspecified atom stereocenters. The Balaban J connectivity index is 1.90. The first kappa shape index (κ1) is 16.0. The summed E-state index contributed by atoms with van der Waals surface area (Å²) in [6.07, 6.45) is 1.43. The summed E-state index contributed by atoms with van der Waals surface area (Å²) in [7, 11) is 3.28. The average molecular weight is 443 g/mol. The Morgan fingerprint density at radius 1 is 1.30 bits per heavy atom. The number of rotatable bonds is 4. The van der Waals surface area contributed by atoms with Crippen LogP contribution in [0.3, 0.4) is 0 Å². The second kappa shape index (κ2) is 6.32. The third-order valence-electron chi connectivity index (χ3n) is 3.40. The molecule has 2 N–H and O–H groups in total. The molecule has 0 spiro atoms. The molecule has 1 aromatic carbocycles. The lowest BCUT2D eigenvalue weighted by atomic mass is 10.2. The van der Waals surface area contributed by atoms with Crippen molar-refractivity contribution in [2.24, 2.45) is 7.05 Å². The number of methoxy groups -OCH3 is 1. The Bertz CT molecular complexity index is 912. The van der Waals surface area contributed by atoms with Gasteiger partial charge in [0.25, 0.3) is 0 Å². The fourth-order valence-electron chi connectivity index (χ4n) is 2.26. The highest BCUT2D eigenvalue weighted by Gasteiger charge is 2.11. The van der Waals surface area contributed by atoms with Crippen molar-refractivity contribution in [3.8, 4) is 5.75 Å². The molecule has 0 amide bonds. The number of ether oxygens (including phenoxy) is 1. The standard InChI is InChI=1S/C14H13Br2N5O2/c1-21-13-10(20-14(21)22)12(18-6-19-13)17-5-7-3-8(15)11(23-2)9(16)4-7/h3-4,6H,5H2,1-2H3,(H,20,22)(H,17,18,19). The summed E-state index contributed by atoms with van der Waals surface area (Å²) < 4.78 is 8.44. The molecular formula is C14H13Br2N5O2. The Morgan fingerprint density at radius 3 is 2.65 bits per heavy atom. The monoisotopic (exact) mass is 441 g/mol. The van der Waals surface area contributed by atoms with Gasteiger partial charge >= 0.3 is 5.69 Å². The third-order valence-corrected chi connectivity index (χ3v) is 4.58. The molecule has 0 aliphatic rings. The molecule has 7 nitrogen and oxygen atoms in total. The minimum Gasteiger partial charge on any atom is -0.494 e. The normalized spacial score (nSPS) is 11.0. The van der Waals surface area contributed by atoms with Crippen molar-refractivity contribution in [1.82, 2.24) is 19.5 Å². The van der Waals surface area contributed by atoms with Gasteiger partial charge in [-0.25, -0.2) is 14.8 Å². The van der Waals surface area contributed by atoms with Crippen molar-refractivity contribution in [1.29, 1.82) is 0 Å². The van der Waals surface area contributed by atoms with Gasteiger partial charge in [-0.2, -0.15) is 0 Å². The number of imidazole rings is 1. The zero-order valence-electron chi connectivity index (χ0n) is 12.4. The van der Waals surface area contributed by atoms with E-state index >= 15 is 0 Å². The summed E-state index contributed by atoms with van der Waals surface area (Å²) in [5.74, 6) is 1.32. The van der Waals surface area contributed by atoms with Crippen LogP contribution >= 0.6 is 31.9 Å². The molecule has 3 rings (SSSR count). The molecule has 0 saturated heterocycles. The summed E-state index contributed by atoms with van der Waals surface area (Å²) in [6.45, 7) is 0.532. The van der Waals surface area contributed by atoms with Crippen molar-refractivity contribution in [2.45, 2.75) is 6.54 Å². The number of H-pyrrole nitrogens is 1. The highest BCUT2D eigenvalue weighted by molar-refractivity contribution is 9.11. The number of hydrogen-bond acceptors (Lipinski definition) is 5. The number of hydrogen-bond donors (Lipinski definition) is 2. The molecule has 23 heavy (non-hydrogen) atoms.